The minimum atomic E-state index is 0. The van der Waals surface area contributed by atoms with E-state index in [-0.39, 0.29) is 37.1 Å². The van der Waals surface area contributed by atoms with Gasteiger partial charge in [-0.05, 0) is 330 Å². The molecule has 10 nitrogen and oxygen atoms in total. The summed E-state index contributed by atoms with van der Waals surface area (Å²) in [6.07, 6.45) is 78.8. The first-order chi connectivity index (χ1) is 68.1. The zero-order valence-corrected chi connectivity index (χ0v) is 89.4. The van der Waals surface area contributed by atoms with Crippen LogP contribution in [0.4, 0.5) is 28.4 Å². The van der Waals surface area contributed by atoms with Crippen LogP contribution >= 0.6 is 0 Å². The molecule has 12 fully saturated rings. The minimum Gasteiger partial charge on any atom is -0.350 e. The van der Waals surface area contributed by atoms with Crippen LogP contribution in [-0.4, -0.2) is 85.5 Å². The van der Waals surface area contributed by atoms with Crippen molar-refractivity contribution in [3.8, 4) is 0 Å². The molecule has 10 heteroatoms. The van der Waals surface area contributed by atoms with Crippen molar-refractivity contribution in [3.63, 3.8) is 0 Å². The SMILES string of the molecule is C.C.C.C.C.CC1=C(C)N(C2CCCC2)C(C2CCCCC2)N1c1ccccc1C.CC1=C(C)N(C2CCCC2)C(C2CCCCC2)N1c1ccccc1C.CC1=C(C2CCCC2)N(C2CCCC2)C(C2CCCCC2)N1c1ccccc1C.CC1=C(C2CCCCC2)N(C2CCCC2)C(C2CCCCC2)N1c1ccccc1C.CC1=C(c2ccccc2)N(C2CCCC2)C(C2CCCCC2)N1c1ccccc1C. The van der Waals surface area contributed by atoms with E-state index >= 15 is 0 Å². The van der Waals surface area contributed by atoms with Crippen molar-refractivity contribution >= 4 is 34.1 Å². The molecule has 792 valence electrons. The summed E-state index contributed by atoms with van der Waals surface area (Å²) in [6, 6.07) is 60.3. The van der Waals surface area contributed by atoms with Crippen LogP contribution in [0.25, 0.3) is 5.70 Å². The maximum Gasteiger partial charge on any atom is 0.109 e. The summed E-state index contributed by atoms with van der Waals surface area (Å²) in [6.45, 7) is 28.2. The average Bonchev–Trinajstić information content (AvgIpc) is 1.58. The summed E-state index contributed by atoms with van der Waals surface area (Å²) in [5, 5.41) is 0. The molecule has 12 aliphatic carbocycles. The Morgan fingerprint density at radius 2 is 0.354 bits per heavy atom. The van der Waals surface area contributed by atoms with Crippen LogP contribution in [-0.2, 0) is 0 Å². The van der Waals surface area contributed by atoms with Crippen molar-refractivity contribution in [1.29, 1.82) is 0 Å². The predicted octanol–water partition coefficient (Wildman–Crippen LogP) is 38.1. The van der Waals surface area contributed by atoms with Gasteiger partial charge >= 0.3 is 0 Å². The first kappa shape index (κ1) is 112. The Balaban J connectivity index is 0.000000142. The Bertz CT molecular complexity index is 4990. The Morgan fingerprint density at radius 1 is 0.167 bits per heavy atom. The molecule has 23 rings (SSSR count). The van der Waals surface area contributed by atoms with Gasteiger partial charge in [0.05, 0.1) is 5.70 Å². The number of anilines is 5. The molecule has 6 aromatic rings. The van der Waals surface area contributed by atoms with Gasteiger partial charge in [-0.25, -0.2) is 0 Å². The second-order valence-electron chi connectivity index (χ2n) is 47.5. The third-order valence-corrected chi connectivity index (χ3v) is 38.9. The summed E-state index contributed by atoms with van der Waals surface area (Å²) in [4.78, 5) is 28.5. The van der Waals surface area contributed by atoms with Gasteiger partial charge in [0.15, 0.2) is 0 Å². The number of aryl methyl sites for hydroxylation is 5. The van der Waals surface area contributed by atoms with Crippen LogP contribution in [0.3, 0.4) is 0 Å². The molecule has 5 aliphatic heterocycles. The van der Waals surface area contributed by atoms with E-state index in [1.54, 1.807) is 22.8 Å². The molecule has 144 heavy (non-hydrogen) atoms. The van der Waals surface area contributed by atoms with Gasteiger partial charge in [0.25, 0.3) is 0 Å². The van der Waals surface area contributed by atoms with E-state index in [2.05, 4.69) is 284 Å². The zero-order valence-electron chi connectivity index (χ0n) is 89.4. The molecule has 5 heterocycles. The van der Waals surface area contributed by atoms with Crippen LogP contribution in [0, 0.1) is 76.0 Å². The third kappa shape index (κ3) is 23.6. The quantitative estimate of drug-likeness (QED) is 0.0830. The lowest BCUT2D eigenvalue weighted by Gasteiger charge is -2.45. The van der Waals surface area contributed by atoms with E-state index in [1.165, 1.54) is 443 Å². The Hall–Kier alpha value is -7.98. The maximum absolute atomic E-state index is 3.04. The molecule has 6 aromatic carbocycles. The molecule has 5 atom stereocenters. The predicted molar refractivity (Wildman–Crippen MR) is 624 cm³/mol. The molecule has 17 aliphatic rings. The van der Waals surface area contributed by atoms with E-state index in [0.717, 1.165) is 65.6 Å². The third-order valence-electron chi connectivity index (χ3n) is 38.9. The van der Waals surface area contributed by atoms with E-state index in [0.29, 0.717) is 36.9 Å². The normalized spacial score (nSPS) is 25.3. The summed E-state index contributed by atoms with van der Waals surface area (Å²) >= 11 is 0. The molecule has 12 saturated carbocycles. The summed E-state index contributed by atoms with van der Waals surface area (Å²) in [5.74, 6) is 5.58. The second kappa shape index (κ2) is 52.5. The van der Waals surface area contributed by atoms with Gasteiger partial charge in [0, 0.05) is 122 Å². The summed E-state index contributed by atoms with van der Waals surface area (Å²) < 4.78 is 0. The highest BCUT2D eigenvalue weighted by Crippen LogP contribution is 2.57. The number of benzene rings is 6. The topological polar surface area (TPSA) is 32.4 Å². The highest BCUT2D eigenvalue weighted by molar-refractivity contribution is 5.78. The largest absolute Gasteiger partial charge is 0.350 e. The summed E-state index contributed by atoms with van der Waals surface area (Å²) in [7, 11) is 0. The number of rotatable bonds is 18. The number of hydrogen-bond donors (Lipinski definition) is 0. The van der Waals surface area contributed by atoms with Crippen molar-refractivity contribution in [2.45, 2.75) is 528 Å². The van der Waals surface area contributed by atoms with Gasteiger partial charge in [-0.15, -0.1) is 0 Å². The van der Waals surface area contributed by atoms with Crippen molar-refractivity contribution < 1.29 is 0 Å². The molecule has 0 aromatic heterocycles. The fourth-order valence-corrected chi connectivity index (χ4v) is 31.9. The van der Waals surface area contributed by atoms with Crippen LogP contribution in [0.5, 0.6) is 0 Å². The van der Waals surface area contributed by atoms with E-state index < -0.39 is 0 Å². The molecule has 0 bridgehead atoms. The lowest BCUT2D eigenvalue weighted by molar-refractivity contribution is 0.112. The highest BCUT2D eigenvalue weighted by Gasteiger charge is 2.53. The smallest absolute Gasteiger partial charge is 0.109 e. The van der Waals surface area contributed by atoms with Gasteiger partial charge in [-0.3, -0.25) is 0 Å². The van der Waals surface area contributed by atoms with Crippen molar-refractivity contribution in [3.05, 3.63) is 236 Å². The molecular weight excluding hydrogens is 1750 g/mol. The van der Waals surface area contributed by atoms with E-state index in [4.69, 9.17) is 0 Å². The van der Waals surface area contributed by atoms with E-state index in [9.17, 15) is 0 Å². The first-order valence-electron chi connectivity index (χ1n) is 58.8. The van der Waals surface area contributed by atoms with Crippen molar-refractivity contribution in [2.75, 3.05) is 24.5 Å². The lowest BCUT2D eigenvalue weighted by Crippen LogP contribution is -2.50. The molecular formula is C134H206N10. The molecule has 0 N–H and O–H groups in total. The standard InChI is InChI=1S/C28H42N2.C28H36N2.C27H40N2.2C23H34N2.5CH4/c2*1-21-13-9-12-20-26(21)29-22(2)27(23-14-5-3-6-15-23)30(25-18-10-11-19-25)28(29)24-16-7-4-8-17-24;1-20-12-6-11-19-25(20)28-21(2)26(22-13-7-8-14-22)29(24-17-9-10-18-24)27(28)23-15-4-3-5-16-23;2*1-17-11-7-10-16-22(17)25-19(3)18(2)24(21-14-8-9-15-21)23(25)20-12-5-4-6-13-20;;;;;/h9,12-13,20,23-25,28H,3-8,10-11,14-19H2,1-2H3;3,5-6,9,12-15,20,24-25,28H,4,7-8,10-11,16-19H2,1-2H3;6,11-12,19,22-24,27H,3-5,7-10,13-18H2,1-2H3;2*7,10-11,16,20-21,23H,4-6,8-9,12-15H2,1-3H3;5*1H4. The van der Waals surface area contributed by atoms with Crippen LogP contribution < -0.4 is 24.5 Å². The van der Waals surface area contributed by atoms with Gasteiger partial charge in [-0.2, -0.15) is 0 Å². The monoisotopic (exact) mass is 1960 g/mol. The maximum atomic E-state index is 3.04. The fourth-order valence-electron chi connectivity index (χ4n) is 31.9. The summed E-state index contributed by atoms with van der Waals surface area (Å²) in [5.41, 5.74) is 31.3. The minimum absolute atomic E-state index is 0. The van der Waals surface area contributed by atoms with E-state index in [1.807, 2.05) is 0 Å². The number of hydrogen-bond acceptors (Lipinski definition) is 10. The van der Waals surface area contributed by atoms with Gasteiger partial charge in [0.1, 0.15) is 30.8 Å². The molecule has 5 unspecified atom stereocenters. The van der Waals surface area contributed by atoms with Crippen LogP contribution in [0.1, 0.15) is 466 Å². The molecule has 0 saturated heterocycles. The van der Waals surface area contributed by atoms with Crippen molar-refractivity contribution in [2.24, 2.45) is 41.4 Å². The van der Waals surface area contributed by atoms with Crippen LogP contribution in [0.15, 0.2) is 203 Å². The highest BCUT2D eigenvalue weighted by atomic mass is 15.5. The molecule has 0 spiro atoms. The van der Waals surface area contributed by atoms with Gasteiger partial charge in [-0.1, -0.05) is 351 Å². The fraction of sp³-hybridized carbons (Fsp3) is 0.657. The molecule has 0 radical (unpaired) electrons. The Labute approximate surface area is 883 Å². The first-order valence-corrected chi connectivity index (χ1v) is 58.8. The Morgan fingerprint density at radius 3 is 0.611 bits per heavy atom. The van der Waals surface area contributed by atoms with Crippen molar-refractivity contribution in [1.82, 2.24) is 24.5 Å². The number of nitrogens with zero attached hydrogens (tertiary/aromatic N) is 10. The zero-order chi connectivity index (χ0) is 95.6. The lowest BCUT2D eigenvalue weighted by atomic mass is 9.83. The number of para-hydroxylation sites is 5. The Kier molecular flexibility index (Phi) is 40.7. The number of allylic oxidation sites excluding steroid dienone is 9. The van der Waals surface area contributed by atoms with Gasteiger partial charge < -0.3 is 49.0 Å². The van der Waals surface area contributed by atoms with Crippen LogP contribution in [0.2, 0.25) is 0 Å². The average molecular weight is 1960 g/mol. The second-order valence-corrected chi connectivity index (χ2v) is 47.5. The molecule has 0 amide bonds. The van der Waals surface area contributed by atoms with Gasteiger partial charge in [0.2, 0.25) is 0 Å².